The molecule has 0 radical (unpaired) electrons. The zero-order valence-electron chi connectivity index (χ0n) is 15.5. The molecule has 2 atom stereocenters. The lowest BCUT2D eigenvalue weighted by molar-refractivity contribution is -0.123. The van der Waals surface area contributed by atoms with Gasteiger partial charge in [0.05, 0.1) is 11.7 Å². The zero-order valence-corrected chi connectivity index (χ0v) is 16.3. The molecular formula is C21H22ClNO5. The highest BCUT2D eigenvalue weighted by atomic mass is 35.5. The van der Waals surface area contributed by atoms with Crippen LogP contribution in [0.4, 0.5) is 5.69 Å². The summed E-state index contributed by atoms with van der Waals surface area (Å²) in [6.45, 7) is 2.79. The number of hydrogen-bond donors (Lipinski definition) is 1. The Morgan fingerprint density at radius 2 is 1.89 bits per heavy atom. The third kappa shape index (κ3) is 5.71. The fourth-order valence-electron chi connectivity index (χ4n) is 2.71. The molecule has 6 nitrogen and oxygen atoms in total. The second-order valence-corrected chi connectivity index (χ2v) is 6.95. The van der Waals surface area contributed by atoms with Gasteiger partial charge in [-0.25, -0.2) is 4.79 Å². The summed E-state index contributed by atoms with van der Waals surface area (Å²) >= 11 is 5.81. The van der Waals surface area contributed by atoms with E-state index in [1.807, 2.05) is 0 Å². The van der Waals surface area contributed by atoms with Gasteiger partial charge < -0.3 is 19.5 Å². The maximum atomic E-state index is 12.3. The average molecular weight is 404 g/mol. The Morgan fingerprint density at radius 1 is 1.18 bits per heavy atom. The maximum Gasteiger partial charge on any atom is 0.338 e. The van der Waals surface area contributed by atoms with Gasteiger partial charge in [-0.1, -0.05) is 11.6 Å². The Labute approximate surface area is 168 Å². The van der Waals surface area contributed by atoms with Gasteiger partial charge in [0.2, 0.25) is 0 Å². The van der Waals surface area contributed by atoms with Gasteiger partial charge in [-0.05, 0) is 68.3 Å². The topological polar surface area (TPSA) is 73.9 Å². The molecule has 0 bridgehead atoms. The summed E-state index contributed by atoms with van der Waals surface area (Å²) < 4.78 is 16.4. The molecule has 2 unspecified atom stereocenters. The van der Waals surface area contributed by atoms with Crippen LogP contribution >= 0.6 is 11.6 Å². The third-order valence-electron chi connectivity index (χ3n) is 4.31. The summed E-state index contributed by atoms with van der Waals surface area (Å²) in [5, 5.41) is 3.24. The number of hydrogen-bond acceptors (Lipinski definition) is 5. The Hall–Kier alpha value is -2.57. The molecule has 3 rings (SSSR count). The van der Waals surface area contributed by atoms with Crippen molar-refractivity contribution in [1.82, 2.24) is 0 Å². The van der Waals surface area contributed by atoms with Crippen LogP contribution in [0, 0.1) is 0 Å². The van der Waals surface area contributed by atoms with E-state index < -0.39 is 18.0 Å². The minimum Gasteiger partial charge on any atom is -0.491 e. The monoisotopic (exact) mass is 403 g/mol. The quantitative estimate of drug-likeness (QED) is 0.705. The van der Waals surface area contributed by atoms with Crippen molar-refractivity contribution in [3.63, 3.8) is 0 Å². The van der Waals surface area contributed by atoms with Crippen molar-refractivity contribution in [2.24, 2.45) is 0 Å². The van der Waals surface area contributed by atoms with Crippen molar-refractivity contribution in [2.75, 3.05) is 18.5 Å². The molecular weight excluding hydrogens is 382 g/mol. The normalized spacial score (nSPS) is 17.0. The second-order valence-electron chi connectivity index (χ2n) is 6.51. The van der Waals surface area contributed by atoms with Crippen molar-refractivity contribution < 1.29 is 23.8 Å². The van der Waals surface area contributed by atoms with Gasteiger partial charge >= 0.3 is 5.97 Å². The molecule has 1 aliphatic rings. The fraction of sp³-hybridized carbons (Fsp3) is 0.333. The molecule has 0 spiro atoms. The standard InChI is InChI=1S/C21H22ClNO5/c1-14(20(24)23-17-8-6-16(22)7-9-17)28-21(25)15-4-10-18(11-5-15)27-13-19-3-2-12-26-19/h4-11,14,19H,2-3,12-13H2,1H3,(H,23,24). The van der Waals surface area contributed by atoms with Crippen molar-refractivity contribution >= 4 is 29.2 Å². The first-order valence-electron chi connectivity index (χ1n) is 9.13. The summed E-state index contributed by atoms with van der Waals surface area (Å²) in [5.74, 6) is -0.350. The second kappa shape index (κ2) is 9.57. The zero-order chi connectivity index (χ0) is 19.9. The number of carbonyl (C=O) groups excluding carboxylic acids is 2. The van der Waals surface area contributed by atoms with Crippen LogP contribution in [0.5, 0.6) is 5.75 Å². The number of nitrogens with one attached hydrogen (secondary N) is 1. The molecule has 0 aliphatic carbocycles. The highest BCUT2D eigenvalue weighted by molar-refractivity contribution is 6.30. The molecule has 1 aliphatic heterocycles. The molecule has 0 aromatic heterocycles. The SMILES string of the molecule is CC(OC(=O)c1ccc(OCC2CCCO2)cc1)C(=O)Nc1ccc(Cl)cc1. The maximum absolute atomic E-state index is 12.3. The molecule has 28 heavy (non-hydrogen) atoms. The molecule has 1 amide bonds. The molecule has 1 saturated heterocycles. The minimum absolute atomic E-state index is 0.129. The van der Waals surface area contributed by atoms with E-state index in [2.05, 4.69) is 5.32 Å². The van der Waals surface area contributed by atoms with Gasteiger partial charge in [0, 0.05) is 17.3 Å². The Morgan fingerprint density at radius 3 is 2.54 bits per heavy atom. The number of esters is 1. The van der Waals surface area contributed by atoms with Crippen LogP contribution < -0.4 is 10.1 Å². The third-order valence-corrected chi connectivity index (χ3v) is 4.57. The summed E-state index contributed by atoms with van der Waals surface area (Å²) in [6, 6.07) is 13.3. The molecule has 1 fully saturated rings. The molecule has 7 heteroatoms. The van der Waals surface area contributed by atoms with Gasteiger partial charge in [-0.2, -0.15) is 0 Å². The largest absolute Gasteiger partial charge is 0.491 e. The predicted molar refractivity (Wildman–Crippen MR) is 106 cm³/mol. The summed E-state index contributed by atoms with van der Waals surface area (Å²) in [5.41, 5.74) is 0.917. The van der Waals surface area contributed by atoms with Crippen LogP contribution in [0.25, 0.3) is 0 Å². The number of benzene rings is 2. The Kier molecular flexibility index (Phi) is 6.90. The van der Waals surface area contributed by atoms with Gasteiger partial charge in [-0.3, -0.25) is 4.79 Å². The number of halogens is 1. The van der Waals surface area contributed by atoms with Crippen LogP contribution in [-0.2, 0) is 14.3 Å². The molecule has 2 aromatic rings. The summed E-state index contributed by atoms with van der Waals surface area (Å²) in [6.07, 6.45) is 1.24. The van der Waals surface area contributed by atoms with E-state index in [4.69, 9.17) is 25.8 Å². The van der Waals surface area contributed by atoms with Crippen molar-refractivity contribution in [3.05, 3.63) is 59.1 Å². The molecule has 1 N–H and O–H groups in total. The minimum atomic E-state index is -0.946. The molecule has 148 valence electrons. The van der Waals surface area contributed by atoms with Gasteiger partial charge in [0.1, 0.15) is 12.4 Å². The number of carbonyl (C=O) groups is 2. The summed E-state index contributed by atoms with van der Waals surface area (Å²) in [7, 11) is 0. The highest BCUT2D eigenvalue weighted by Crippen LogP contribution is 2.18. The first kappa shape index (κ1) is 20.2. The molecule has 1 heterocycles. The fourth-order valence-corrected chi connectivity index (χ4v) is 2.84. The first-order valence-corrected chi connectivity index (χ1v) is 9.51. The van der Waals surface area contributed by atoms with E-state index >= 15 is 0 Å². The van der Waals surface area contributed by atoms with Gasteiger partial charge in [0.15, 0.2) is 6.10 Å². The number of anilines is 1. The lowest BCUT2D eigenvalue weighted by atomic mass is 10.2. The van der Waals surface area contributed by atoms with E-state index in [1.165, 1.54) is 6.92 Å². The lowest BCUT2D eigenvalue weighted by Gasteiger charge is -2.14. The van der Waals surface area contributed by atoms with Gasteiger partial charge in [0.25, 0.3) is 5.91 Å². The van der Waals surface area contributed by atoms with Crippen LogP contribution in [-0.4, -0.2) is 37.3 Å². The van der Waals surface area contributed by atoms with E-state index in [0.717, 1.165) is 19.4 Å². The van der Waals surface area contributed by atoms with Crippen molar-refractivity contribution in [2.45, 2.75) is 32.0 Å². The van der Waals surface area contributed by atoms with E-state index in [1.54, 1.807) is 48.5 Å². The van der Waals surface area contributed by atoms with Crippen molar-refractivity contribution in [1.29, 1.82) is 0 Å². The van der Waals surface area contributed by atoms with E-state index in [9.17, 15) is 9.59 Å². The average Bonchev–Trinajstić information content (AvgIpc) is 3.22. The smallest absolute Gasteiger partial charge is 0.338 e. The van der Waals surface area contributed by atoms with Crippen LogP contribution in [0.15, 0.2) is 48.5 Å². The number of amides is 1. The highest BCUT2D eigenvalue weighted by Gasteiger charge is 2.19. The molecule has 2 aromatic carbocycles. The number of ether oxygens (including phenoxy) is 3. The van der Waals surface area contributed by atoms with Crippen LogP contribution in [0.3, 0.4) is 0 Å². The van der Waals surface area contributed by atoms with Crippen LogP contribution in [0.1, 0.15) is 30.1 Å². The first-order chi connectivity index (χ1) is 13.5. The van der Waals surface area contributed by atoms with Crippen molar-refractivity contribution in [3.8, 4) is 5.75 Å². The van der Waals surface area contributed by atoms with Crippen LogP contribution in [0.2, 0.25) is 5.02 Å². The Balaban J connectivity index is 1.48. The van der Waals surface area contributed by atoms with Gasteiger partial charge in [-0.15, -0.1) is 0 Å². The number of rotatable bonds is 7. The summed E-state index contributed by atoms with van der Waals surface area (Å²) in [4.78, 5) is 24.4. The Bertz CT molecular complexity index is 801. The van der Waals surface area contributed by atoms with E-state index in [-0.39, 0.29) is 6.10 Å². The van der Waals surface area contributed by atoms with E-state index in [0.29, 0.717) is 28.6 Å². The predicted octanol–water partition coefficient (Wildman–Crippen LogP) is 4.08. The molecule has 0 saturated carbocycles. The lowest BCUT2D eigenvalue weighted by Crippen LogP contribution is -2.30.